The van der Waals surface area contributed by atoms with Crippen LogP contribution in [0.1, 0.15) is 31.4 Å². The van der Waals surface area contributed by atoms with E-state index in [4.69, 9.17) is 0 Å². The highest BCUT2D eigenvalue weighted by molar-refractivity contribution is 7.91. The number of hydrazine groups is 1. The van der Waals surface area contributed by atoms with Crippen LogP contribution in [0.4, 0.5) is 0 Å². The smallest absolute Gasteiger partial charge is 0.246 e. The molecule has 3 rings (SSSR count). The highest BCUT2D eigenvalue weighted by Gasteiger charge is 2.31. The fraction of sp³-hybridized carbons (Fsp3) is 0.350. The van der Waals surface area contributed by atoms with Crippen LogP contribution in [0.5, 0.6) is 0 Å². The summed E-state index contributed by atoms with van der Waals surface area (Å²) in [5, 5.41) is 1.74. The Hall–Kier alpha value is -2.18. The van der Waals surface area contributed by atoms with E-state index in [-0.39, 0.29) is 30.9 Å². The van der Waals surface area contributed by atoms with E-state index in [0.29, 0.717) is 6.54 Å². The minimum absolute atomic E-state index is 0. The van der Waals surface area contributed by atoms with Gasteiger partial charge in [-0.1, -0.05) is 68.1 Å². The molecular weight excluding hydrogens is 348 g/mol. The van der Waals surface area contributed by atoms with E-state index in [1.165, 1.54) is 0 Å². The van der Waals surface area contributed by atoms with Crippen LogP contribution in [0.15, 0.2) is 60.7 Å². The molecule has 1 aliphatic rings. The molecule has 26 heavy (non-hydrogen) atoms. The third kappa shape index (κ3) is 4.71. The van der Waals surface area contributed by atoms with Crippen molar-refractivity contribution in [1.82, 2.24) is 10.4 Å². The Morgan fingerprint density at radius 3 is 2.00 bits per heavy atom. The second kappa shape index (κ2) is 8.47. The number of hydrogen-bond donors (Lipinski definition) is 1. The van der Waals surface area contributed by atoms with Gasteiger partial charge in [-0.2, -0.15) is 0 Å². The Morgan fingerprint density at radius 1 is 1.04 bits per heavy atom. The van der Waals surface area contributed by atoms with Gasteiger partial charge in [0.05, 0.1) is 17.4 Å². The Labute approximate surface area is 155 Å². The molecule has 2 aromatic rings. The molecule has 0 spiro atoms. The van der Waals surface area contributed by atoms with Crippen molar-refractivity contribution in [3.8, 4) is 0 Å². The fourth-order valence-corrected chi connectivity index (χ4v) is 4.71. The summed E-state index contributed by atoms with van der Waals surface area (Å²) in [5.41, 5.74) is 4.75. The number of carbonyl (C=O) groups is 1. The number of benzene rings is 2. The zero-order valence-corrected chi connectivity index (χ0v) is 14.9. The van der Waals surface area contributed by atoms with Crippen LogP contribution in [0, 0.1) is 0 Å². The Balaban J connectivity index is 0.00000243. The van der Waals surface area contributed by atoms with Gasteiger partial charge in [-0.25, -0.2) is 13.4 Å². The molecule has 1 fully saturated rings. The minimum atomic E-state index is -3.02. The molecule has 1 N–H and O–H groups in total. The molecular formula is C20H26N2O3S. The Morgan fingerprint density at radius 2 is 1.54 bits per heavy atom. The standard InChI is InChI=1S/C19H22N2O3S.CH4/c1-15-14-25(23,24)13-12-21(15)20-19(22)18(16-8-4-2-5-9-16)17-10-6-3-7-11-17;/h2-11,15,18H,12-14H2,1H3,(H,20,22);1H4. The van der Waals surface area contributed by atoms with Gasteiger partial charge in [-0.15, -0.1) is 0 Å². The molecule has 0 radical (unpaired) electrons. The average Bonchev–Trinajstić information content (AvgIpc) is 2.59. The number of carbonyl (C=O) groups excluding carboxylic acids is 1. The van der Waals surface area contributed by atoms with E-state index < -0.39 is 15.8 Å². The fourth-order valence-electron chi connectivity index (χ4n) is 3.16. The molecule has 5 nitrogen and oxygen atoms in total. The summed E-state index contributed by atoms with van der Waals surface area (Å²) in [4.78, 5) is 13.0. The Kier molecular flexibility index (Phi) is 6.56. The third-order valence-corrected chi connectivity index (χ3v) is 6.25. The van der Waals surface area contributed by atoms with Crippen LogP contribution in [0.2, 0.25) is 0 Å². The van der Waals surface area contributed by atoms with Crippen molar-refractivity contribution in [3.63, 3.8) is 0 Å². The molecule has 140 valence electrons. The van der Waals surface area contributed by atoms with Crippen LogP contribution >= 0.6 is 0 Å². The predicted molar refractivity (Wildman–Crippen MR) is 104 cm³/mol. The lowest BCUT2D eigenvalue weighted by Crippen LogP contribution is -2.56. The molecule has 1 heterocycles. The van der Waals surface area contributed by atoms with E-state index in [2.05, 4.69) is 5.43 Å². The van der Waals surface area contributed by atoms with Crippen LogP contribution in [0.25, 0.3) is 0 Å². The zero-order valence-electron chi connectivity index (χ0n) is 14.1. The van der Waals surface area contributed by atoms with E-state index >= 15 is 0 Å². The van der Waals surface area contributed by atoms with Crippen LogP contribution in [-0.4, -0.2) is 43.4 Å². The lowest BCUT2D eigenvalue weighted by atomic mass is 9.91. The van der Waals surface area contributed by atoms with Crippen LogP contribution in [-0.2, 0) is 14.6 Å². The quantitative estimate of drug-likeness (QED) is 0.893. The van der Waals surface area contributed by atoms with Crippen molar-refractivity contribution in [2.45, 2.75) is 26.3 Å². The first-order chi connectivity index (χ1) is 12.0. The van der Waals surface area contributed by atoms with E-state index in [1.807, 2.05) is 67.6 Å². The maximum absolute atomic E-state index is 13.0. The molecule has 0 saturated carbocycles. The highest BCUT2D eigenvalue weighted by atomic mass is 32.2. The summed E-state index contributed by atoms with van der Waals surface area (Å²) in [7, 11) is -3.02. The van der Waals surface area contributed by atoms with Gasteiger partial charge in [0, 0.05) is 12.6 Å². The monoisotopic (exact) mass is 374 g/mol. The number of sulfone groups is 1. The van der Waals surface area contributed by atoms with Gasteiger partial charge >= 0.3 is 0 Å². The molecule has 1 saturated heterocycles. The summed E-state index contributed by atoms with van der Waals surface area (Å²) < 4.78 is 23.5. The van der Waals surface area contributed by atoms with E-state index in [0.717, 1.165) is 11.1 Å². The molecule has 1 aliphatic heterocycles. The first-order valence-electron chi connectivity index (χ1n) is 8.34. The van der Waals surface area contributed by atoms with Gasteiger partial charge in [0.2, 0.25) is 5.91 Å². The van der Waals surface area contributed by atoms with Crippen molar-refractivity contribution >= 4 is 15.7 Å². The first kappa shape index (κ1) is 20.1. The molecule has 1 amide bonds. The molecule has 1 atom stereocenters. The normalized spacial score (nSPS) is 19.5. The zero-order chi connectivity index (χ0) is 17.9. The molecule has 0 aliphatic carbocycles. The van der Waals surface area contributed by atoms with E-state index in [1.54, 1.807) is 5.01 Å². The van der Waals surface area contributed by atoms with Gasteiger partial charge in [-0.3, -0.25) is 10.2 Å². The second-order valence-electron chi connectivity index (χ2n) is 6.39. The van der Waals surface area contributed by atoms with Gasteiger partial charge in [0.25, 0.3) is 0 Å². The first-order valence-corrected chi connectivity index (χ1v) is 10.2. The Bertz CT molecular complexity index is 783. The molecule has 1 unspecified atom stereocenters. The summed E-state index contributed by atoms with van der Waals surface area (Å²) >= 11 is 0. The lowest BCUT2D eigenvalue weighted by molar-refractivity contribution is -0.127. The maximum Gasteiger partial charge on any atom is 0.246 e. The third-order valence-electron chi connectivity index (χ3n) is 4.45. The van der Waals surface area contributed by atoms with Crippen molar-refractivity contribution < 1.29 is 13.2 Å². The number of rotatable bonds is 4. The second-order valence-corrected chi connectivity index (χ2v) is 8.62. The predicted octanol–water partition coefficient (Wildman–Crippen LogP) is 2.60. The summed E-state index contributed by atoms with van der Waals surface area (Å²) in [6.45, 7) is 2.13. The lowest BCUT2D eigenvalue weighted by Gasteiger charge is -2.34. The minimum Gasteiger partial charge on any atom is -0.288 e. The topological polar surface area (TPSA) is 66.5 Å². The summed E-state index contributed by atoms with van der Waals surface area (Å²) in [5.74, 6) is -0.454. The molecule has 0 aromatic heterocycles. The van der Waals surface area contributed by atoms with Gasteiger partial charge in [-0.05, 0) is 18.1 Å². The van der Waals surface area contributed by atoms with Crippen molar-refractivity contribution in [2.75, 3.05) is 18.1 Å². The summed E-state index contributed by atoms with van der Waals surface area (Å²) in [6.07, 6.45) is 0. The average molecular weight is 375 g/mol. The van der Waals surface area contributed by atoms with Gasteiger partial charge < -0.3 is 0 Å². The number of hydrogen-bond acceptors (Lipinski definition) is 4. The highest BCUT2D eigenvalue weighted by Crippen LogP contribution is 2.25. The van der Waals surface area contributed by atoms with Crippen molar-refractivity contribution in [3.05, 3.63) is 71.8 Å². The SMILES string of the molecule is C.CC1CS(=O)(=O)CCN1NC(=O)C(c1ccccc1)c1ccccc1. The maximum atomic E-state index is 13.0. The van der Waals surface area contributed by atoms with E-state index in [9.17, 15) is 13.2 Å². The molecule has 0 bridgehead atoms. The van der Waals surface area contributed by atoms with Gasteiger partial charge in [0.1, 0.15) is 0 Å². The van der Waals surface area contributed by atoms with Crippen molar-refractivity contribution in [2.24, 2.45) is 0 Å². The molecule has 2 aromatic carbocycles. The molecule has 6 heteroatoms. The largest absolute Gasteiger partial charge is 0.288 e. The number of amides is 1. The van der Waals surface area contributed by atoms with Crippen molar-refractivity contribution in [1.29, 1.82) is 0 Å². The van der Waals surface area contributed by atoms with Crippen LogP contribution < -0.4 is 5.43 Å². The van der Waals surface area contributed by atoms with Gasteiger partial charge in [0.15, 0.2) is 9.84 Å². The number of nitrogens with one attached hydrogen (secondary N) is 1. The summed E-state index contributed by atoms with van der Waals surface area (Å²) in [6, 6.07) is 19.0. The number of nitrogens with zero attached hydrogens (tertiary/aromatic N) is 1. The van der Waals surface area contributed by atoms with Crippen LogP contribution in [0.3, 0.4) is 0 Å².